The number of halogens is 1. The molecule has 112 valence electrons. The lowest BCUT2D eigenvalue weighted by molar-refractivity contribution is 0.290. The lowest BCUT2D eigenvalue weighted by atomic mass is 10.1. The summed E-state index contributed by atoms with van der Waals surface area (Å²) in [6, 6.07) is 6.16. The van der Waals surface area contributed by atoms with Crippen molar-refractivity contribution in [2.45, 2.75) is 19.6 Å². The van der Waals surface area contributed by atoms with E-state index in [2.05, 4.69) is 10.4 Å². The van der Waals surface area contributed by atoms with Crippen molar-refractivity contribution in [1.29, 1.82) is 0 Å². The molecule has 0 spiro atoms. The molecule has 1 aliphatic heterocycles. The maximum Gasteiger partial charge on any atom is 0.131 e. The van der Waals surface area contributed by atoms with Crippen LogP contribution >= 0.6 is 11.6 Å². The van der Waals surface area contributed by atoms with Crippen LogP contribution in [0.2, 0.25) is 5.02 Å². The van der Waals surface area contributed by atoms with Gasteiger partial charge in [0.25, 0.3) is 0 Å². The van der Waals surface area contributed by atoms with Crippen LogP contribution in [-0.4, -0.2) is 23.4 Å². The monoisotopic (exact) mass is 307 g/mol. The molecule has 1 N–H and O–H groups in total. The summed E-state index contributed by atoms with van der Waals surface area (Å²) in [6.45, 7) is 2.92. The SMILES string of the molecule is CNC1COc2cc(OCc3c(Cl)c(C)nn3C)ccc21. The maximum atomic E-state index is 6.22. The van der Waals surface area contributed by atoms with E-state index in [1.54, 1.807) is 4.68 Å². The van der Waals surface area contributed by atoms with Crippen LogP contribution in [0, 0.1) is 6.92 Å². The van der Waals surface area contributed by atoms with Crippen molar-refractivity contribution in [3.63, 3.8) is 0 Å². The summed E-state index contributed by atoms with van der Waals surface area (Å²) in [5, 5.41) is 8.15. The number of nitrogens with one attached hydrogen (secondary N) is 1. The second-order valence-electron chi connectivity index (χ2n) is 5.11. The largest absolute Gasteiger partial charge is 0.491 e. The lowest BCUT2D eigenvalue weighted by Crippen LogP contribution is -2.17. The van der Waals surface area contributed by atoms with Gasteiger partial charge in [0.15, 0.2) is 0 Å². The van der Waals surface area contributed by atoms with Gasteiger partial charge in [0.2, 0.25) is 0 Å². The van der Waals surface area contributed by atoms with Crippen molar-refractivity contribution >= 4 is 11.6 Å². The zero-order valence-corrected chi connectivity index (χ0v) is 13.1. The predicted molar refractivity (Wildman–Crippen MR) is 81.0 cm³/mol. The van der Waals surface area contributed by atoms with Gasteiger partial charge in [-0.25, -0.2) is 0 Å². The summed E-state index contributed by atoms with van der Waals surface area (Å²) in [5.41, 5.74) is 2.84. The predicted octanol–water partition coefficient (Wildman–Crippen LogP) is 2.61. The number of aromatic nitrogens is 2. The summed E-state index contributed by atoms with van der Waals surface area (Å²) in [6.07, 6.45) is 0. The number of benzene rings is 1. The number of hydrogen-bond acceptors (Lipinski definition) is 4. The molecule has 1 aromatic heterocycles. The van der Waals surface area contributed by atoms with E-state index >= 15 is 0 Å². The molecule has 2 aromatic rings. The van der Waals surface area contributed by atoms with Gasteiger partial charge in [-0.1, -0.05) is 11.6 Å². The highest BCUT2D eigenvalue weighted by molar-refractivity contribution is 6.31. The van der Waals surface area contributed by atoms with Crippen LogP contribution in [0.5, 0.6) is 11.5 Å². The Morgan fingerprint density at radius 3 is 3.00 bits per heavy atom. The summed E-state index contributed by atoms with van der Waals surface area (Å²) >= 11 is 6.22. The Morgan fingerprint density at radius 2 is 2.33 bits per heavy atom. The third kappa shape index (κ3) is 2.59. The van der Waals surface area contributed by atoms with E-state index in [1.165, 1.54) is 5.56 Å². The number of fused-ring (bicyclic) bond motifs is 1. The molecular formula is C15H18ClN3O2. The molecule has 0 bridgehead atoms. The first-order chi connectivity index (χ1) is 10.1. The quantitative estimate of drug-likeness (QED) is 0.943. The Morgan fingerprint density at radius 1 is 1.52 bits per heavy atom. The van der Waals surface area contributed by atoms with Crippen molar-refractivity contribution in [2.24, 2.45) is 7.05 Å². The molecule has 0 saturated carbocycles. The van der Waals surface area contributed by atoms with Gasteiger partial charge < -0.3 is 14.8 Å². The molecule has 0 saturated heterocycles. The molecule has 0 aliphatic carbocycles. The van der Waals surface area contributed by atoms with Crippen LogP contribution in [0.4, 0.5) is 0 Å². The van der Waals surface area contributed by atoms with Gasteiger partial charge in [-0.05, 0) is 26.1 Å². The molecule has 2 heterocycles. The Labute approximate surface area is 128 Å². The fourth-order valence-electron chi connectivity index (χ4n) is 2.51. The third-order valence-electron chi connectivity index (χ3n) is 3.75. The molecule has 0 amide bonds. The fraction of sp³-hybridized carbons (Fsp3) is 0.400. The van der Waals surface area contributed by atoms with Crippen molar-refractivity contribution in [1.82, 2.24) is 15.1 Å². The maximum absolute atomic E-state index is 6.22. The minimum absolute atomic E-state index is 0.253. The highest BCUT2D eigenvalue weighted by Gasteiger charge is 2.23. The number of aryl methyl sites for hydroxylation is 2. The van der Waals surface area contributed by atoms with Gasteiger partial charge in [-0.15, -0.1) is 0 Å². The Balaban J connectivity index is 1.75. The van der Waals surface area contributed by atoms with E-state index in [9.17, 15) is 0 Å². The molecule has 0 fully saturated rings. The normalized spacial score (nSPS) is 16.7. The average molecular weight is 308 g/mol. The smallest absolute Gasteiger partial charge is 0.131 e. The molecule has 5 nitrogen and oxygen atoms in total. The second kappa shape index (κ2) is 5.58. The van der Waals surface area contributed by atoms with Gasteiger partial charge in [0.05, 0.1) is 22.5 Å². The minimum atomic E-state index is 0.253. The number of hydrogen-bond donors (Lipinski definition) is 1. The van der Waals surface area contributed by atoms with Crippen molar-refractivity contribution < 1.29 is 9.47 Å². The summed E-state index contributed by atoms with van der Waals surface area (Å²) in [4.78, 5) is 0. The highest BCUT2D eigenvalue weighted by Crippen LogP contribution is 2.35. The van der Waals surface area contributed by atoms with Crippen LogP contribution in [0.25, 0.3) is 0 Å². The summed E-state index contributed by atoms with van der Waals surface area (Å²) in [7, 11) is 3.79. The Bertz CT molecular complexity index is 669. The Hall–Kier alpha value is -1.72. The van der Waals surface area contributed by atoms with Gasteiger partial charge in [0, 0.05) is 18.7 Å². The van der Waals surface area contributed by atoms with Gasteiger partial charge >= 0.3 is 0 Å². The zero-order chi connectivity index (χ0) is 15.0. The van der Waals surface area contributed by atoms with Crippen LogP contribution in [0.3, 0.4) is 0 Å². The van der Waals surface area contributed by atoms with Crippen LogP contribution < -0.4 is 14.8 Å². The Kier molecular flexibility index (Phi) is 3.78. The number of likely N-dealkylation sites (N-methyl/N-ethyl adjacent to an activating group) is 1. The van der Waals surface area contributed by atoms with E-state index in [0.29, 0.717) is 18.2 Å². The van der Waals surface area contributed by atoms with Gasteiger partial charge in [-0.2, -0.15) is 5.10 Å². The molecule has 21 heavy (non-hydrogen) atoms. The molecule has 1 aliphatic rings. The van der Waals surface area contributed by atoms with Crippen LogP contribution in [0.15, 0.2) is 18.2 Å². The van der Waals surface area contributed by atoms with Crippen LogP contribution in [-0.2, 0) is 13.7 Å². The van der Waals surface area contributed by atoms with E-state index in [4.69, 9.17) is 21.1 Å². The van der Waals surface area contributed by atoms with Crippen molar-refractivity contribution in [3.05, 3.63) is 40.2 Å². The van der Waals surface area contributed by atoms with Gasteiger partial charge in [0.1, 0.15) is 24.7 Å². The number of ether oxygens (including phenoxy) is 2. The summed E-state index contributed by atoms with van der Waals surface area (Å²) in [5.74, 6) is 1.64. The number of nitrogens with zero attached hydrogens (tertiary/aromatic N) is 2. The van der Waals surface area contributed by atoms with E-state index in [0.717, 1.165) is 22.9 Å². The highest BCUT2D eigenvalue weighted by atomic mass is 35.5. The molecule has 6 heteroatoms. The molecular weight excluding hydrogens is 290 g/mol. The molecule has 1 atom stereocenters. The zero-order valence-electron chi connectivity index (χ0n) is 12.3. The van der Waals surface area contributed by atoms with Crippen LogP contribution in [0.1, 0.15) is 23.0 Å². The minimum Gasteiger partial charge on any atom is -0.491 e. The first-order valence-corrected chi connectivity index (χ1v) is 7.22. The fourth-order valence-corrected chi connectivity index (χ4v) is 2.72. The average Bonchev–Trinajstić information content (AvgIpc) is 2.98. The van der Waals surface area contributed by atoms with Gasteiger partial charge in [-0.3, -0.25) is 4.68 Å². The third-order valence-corrected chi connectivity index (χ3v) is 4.24. The van der Waals surface area contributed by atoms with E-state index in [-0.39, 0.29) is 6.04 Å². The van der Waals surface area contributed by atoms with E-state index in [1.807, 2.05) is 39.2 Å². The topological polar surface area (TPSA) is 48.3 Å². The van der Waals surface area contributed by atoms with E-state index < -0.39 is 0 Å². The molecule has 0 radical (unpaired) electrons. The first kappa shape index (κ1) is 14.2. The second-order valence-corrected chi connectivity index (χ2v) is 5.49. The molecule has 1 unspecified atom stereocenters. The van der Waals surface area contributed by atoms with Crippen molar-refractivity contribution in [3.8, 4) is 11.5 Å². The number of rotatable bonds is 4. The first-order valence-electron chi connectivity index (χ1n) is 6.85. The standard InChI is InChI=1S/C15H18ClN3O2/c1-9-15(16)13(19(3)18-9)8-20-10-4-5-11-12(17-2)7-21-14(11)6-10/h4-6,12,17H,7-8H2,1-3H3. The summed E-state index contributed by atoms with van der Waals surface area (Å²) < 4.78 is 13.2. The molecule has 3 rings (SSSR count). The lowest BCUT2D eigenvalue weighted by Gasteiger charge is -2.09. The molecule has 1 aromatic carbocycles. The van der Waals surface area contributed by atoms with Crippen molar-refractivity contribution in [2.75, 3.05) is 13.7 Å².